The summed E-state index contributed by atoms with van der Waals surface area (Å²) >= 11 is 0. The largest absolute Gasteiger partial charge is 0.327 e. The Bertz CT molecular complexity index is 417. The number of hydrogen-bond donors (Lipinski definition) is 1. The molecule has 2 N–H and O–H groups in total. The zero-order valence-corrected chi connectivity index (χ0v) is 10.8. The number of halogens is 1. The summed E-state index contributed by atoms with van der Waals surface area (Å²) in [4.78, 5) is 0. The highest BCUT2D eigenvalue weighted by Crippen LogP contribution is 2.49. The molecule has 3 rings (SSSR count). The second kappa shape index (κ2) is 5.00. The van der Waals surface area contributed by atoms with Crippen molar-refractivity contribution in [2.45, 2.75) is 44.6 Å². The molecular weight excluding hydrogens is 225 g/mol. The summed E-state index contributed by atoms with van der Waals surface area (Å²) < 4.78 is 13.1. The van der Waals surface area contributed by atoms with Crippen LogP contribution in [0.1, 0.15) is 37.7 Å². The van der Waals surface area contributed by atoms with Crippen LogP contribution in [0.2, 0.25) is 0 Å². The molecule has 0 aromatic heterocycles. The first-order valence-corrected chi connectivity index (χ1v) is 7.20. The molecule has 2 aliphatic rings. The molecule has 0 saturated heterocycles. The Morgan fingerprint density at radius 1 is 1.28 bits per heavy atom. The minimum Gasteiger partial charge on any atom is -0.327 e. The maximum Gasteiger partial charge on any atom is 0.123 e. The predicted octanol–water partition coefficient (Wildman–Crippen LogP) is 3.52. The SMILES string of the molecule is NC(Cc1cccc(F)c1)CC1CC2CCC1C2. The summed E-state index contributed by atoms with van der Waals surface area (Å²) in [6, 6.07) is 7.04. The average Bonchev–Trinajstić information content (AvgIpc) is 2.90. The smallest absolute Gasteiger partial charge is 0.123 e. The summed E-state index contributed by atoms with van der Waals surface area (Å²) in [6.07, 6.45) is 7.63. The molecule has 4 atom stereocenters. The Morgan fingerprint density at radius 2 is 2.17 bits per heavy atom. The van der Waals surface area contributed by atoms with E-state index in [0.717, 1.165) is 36.2 Å². The van der Waals surface area contributed by atoms with Gasteiger partial charge in [0.15, 0.2) is 0 Å². The highest BCUT2D eigenvalue weighted by atomic mass is 19.1. The van der Waals surface area contributed by atoms with Crippen molar-refractivity contribution in [2.75, 3.05) is 0 Å². The van der Waals surface area contributed by atoms with Crippen molar-refractivity contribution in [3.05, 3.63) is 35.6 Å². The van der Waals surface area contributed by atoms with E-state index in [2.05, 4.69) is 0 Å². The van der Waals surface area contributed by atoms with Crippen molar-refractivity contribution in [2.24, 2.45) is 23.5 Å². The second-order valence-corrected chi connectivity index (χ2v) is 6.26. The van der Waals surface area contributed by atoms with E-state index in [1.807, 2.05) is 6.07 Å². The maximum absolute atomic E-state index is 13.1. The molecule has 2 bridgehead atoms. The third kappa shape index (κ3) is 2.59. The van der Waals surface area contributed by atoms with Gasteiger partial charge in [-0.1, -0.05) is 18.6 Å². The number of fused-ring (bicyclic) bond motifs is 2. The minimum atomic E-state index is -0.153. The molecule has 2 aliphatic carbocycles. The number of hydrogen-bond acceptors (Lipinski definition) is 1. The van der Waals surface area contributed by atoms with E-state index >= 15 is 0 Å². The fraction of sp³-hybridized carbons (Fsp3) is 0.625. The van der Waals surface area contributed by atoms with Gasteiger partial charge in [0.25, 0.3) is 0 Å². The van der Waals surface area contributed by atoms with Gasteiger partial charge in [-0.3, -0.25) is 0 Å². The van der Waals surface area contributed by atoms with Crippen LogP contribution in [0.25, 0.3) is 0 Å². The summed E-state index contributed by atoms with van der Waals surface area (Å²) in [7, 11) is 0. The van der Waals surface area contributed by atoms with Crippen molar-refractivity contribution >= 4 is 0 Å². The van der Waals surface area contributed by atoms with Gasteiger partial charge in [0.1, 0.15) is 5.82 Å². The lowest BCUT2D eigenvalue weighted by Gasteiger charge is -2.24. The highest BCUT2D eigenvalue weighted by Gasteiger charge is 2.39. The molecule has 4 unspecified atom stereocenters. The fourth-order valence-electron chi connectivity index (χ4n) is 4.10. The van der Waals surface area contributed by atoms with Crippen molar-refractivity contribution < 1.29 is 4.39 Å². The van der Waals surface area contributed by atoms with Gasteiger partial charge in [-0.05, 0) is 67.6 Å². The lowest BCUT2D eigenvalue weighted by molar-refractivity contribution is 0.294. The van der Waals surface area contributed by atoms with Crippen LogP contribution >= 0.6 is 0 Å². The molecule has 0 amide bonds. The molecule has 0 aliphatic heterocycles. The Kier molecular flexibility index (Phi) is 3.38. The van der Waals surface area contributed by atoms with Gasteiger partial charge >= 0.3 is 0 Å². The first-order chi connectivity index (χ1) is 8.70. The van der Waals surface area contributed by atoms with Gasteiger partial charge in [0, 0.05) is 6.04 Å². The Labute approximate surface area is 109 Å². The van der Waals surface area contributed by atoms with Crippen LogP contribution in [0.3, 0.4) is 0 Å². The molecule has 98 valence electrons. The van der Waals surface area contributed by atoms with Crippen LogP contribution in [0.5, 0.6) is 0 Å². The first kappa shape index (κ1) is 12.2. The molecule has 1 nitrogen and oxygen atoms in total. The standard InChI is InChI=1S/C16H22FN/c17-15-3-1-2-11(8-15)9-16(18)10-14-7-12-4-5-13(14)6-12/h1-3,8,12-14,16H,4-7,9-10,18H2. The van der Waals surface area contributed by atoms with Crippen LogP contribution in [0.4, 0.5) is 4.39 Å². The van der Waals surface area contributed by atoms with Crippen LogP contribution in [-0.4, -0.2) is 6.04 Å². The molecule has 2 saturated carbocycles. The Morgan fingerprint density at radius 3 is 2.83 bits per heavy atom. The fourth-order valence-corrected chi connectivity index (χ4v) is 4.10. The average molecular weight is 247 g/mol. The van der Waals surface area contributed by atoms with Crippen LogP contribution in [0, 0.1) is 23.6 Å². The molecule has 0 radical (unpaired) electrons. The lowest BCUT2D eigenvalue weighted by Crippen LogP contribution is -2.28. The van der Waals surface area contributed by atoms with Gasteiger partial charge < -0.3 is 5.73 Å². The van der Waals surface area contributed by atoms with Crippen LogP contribution in [0.15, 0.2) is 24.3 Å². The predicted molar refractivity (Wildman–Crippen MR) is 71.6 cm³/mol. The third-order valence-electron chi connectivity index (χ3n) is 4.88. The maximum atomic E-state index is 13.1. The number of benzene rings is 1. The lowest BCUT2D eigenvalue weighted by atomic mass is 9.83. The van der Waals surface area contributed by atoms with Crippen LogP contribution < -0.4 is 5.73 Å². The Hall–Kier alpha value is -0.890. The van der Waals surface area contributed by atoms with Gasteiger partial charge in [0.05, 0.1) is 0 Å². The monoisotopic (exact) mass is 247 g/mol. The van der Waals surface area contributed by atoms with Gasteiger partial charge in [-0.15, -0.1) is 0 Å². The van der Waals surface area contributed by atoms with E-state index in [1.54, 1.807) is 12.1 Å². The highest BCUT2D eigenvalue weighted by molar-refractivity contribution is 5.17. The number of nitrogens with two attached hydrogens (primary N) is 1. The normalized spacial score (nSPS) is 31.8. The third-order valence-corrected chi connectivity index (χ3v) is 4.88. The van der Waals surface area contributed by atoms with Gasteiger partial charge in [-0.2, -0.15) is 0 Å². The molecular formula is C16H22FN. The van der Waals surface area contributed by atoms with E-state index in [0.29, 0.717) is 0 Å². The topological polar surface area (TPSA) is 26.0 Å². The first-order valence-electron chi connectivity index (χ1n) is 7.20. The number of rotatable bonds is 4. The molecule has 2 fully saturated rings. The molecule has 0 heterocycles. The molecule has 2 heteroatoms. The van der Waals surface area contributed by atoms with E-state index in [4.69, 9.17) is 5.73 Å². The van der Waals surface area contributed by atoms with Crippen LogP contribution in [-0.2, 0) is 6.42 Å². The van der Waals surface area contributed by atoms with E-state index in [1.165, 1.54) is 31.7 Å². The zero-order valence-electron chi connectivity index (χ0n) is 10.8. The summed E-state index contributed by atoms with van der Waals surface area (Å²) in [5.41, 5.74) is 7.28. The van der Waals surface area contributed by atoms with Crippen molar-refractivity contribution in [3.63, 3.8) is 0 Å². The van der Waals surface area contributed by atoms with E-state index < -0.39 is 0 Å². The van der Waals surface area contributed by atoms with Gasteiger partial charge in [0.2, 0.25) is 0 Å². The minimum absolute atomic E-state index is 0.153. The molecule has 18 heavy (non-hydrogen) atoms. The molecule has 0 spiro atoms. The molecule has 1 aromatic rings. The quantitative estimate of drug-likeness (QED) is 0.865. The van der Waals surface area contributed by atoms with Crippen molar-refractivity contribution in [3.8, 4) is 0 Å². The van der Waals surface area contributed by atoms with Crippen molar-refractivity contribution in [1.82, 2.24) is 0 Å². The summed E-state index contributed by atoms with van der Waals surface area (Å²) in [5.74, 6) is 2.61. The summed E-state index contributed by atoms with van der Waals surface area (Å²) in [5, 5.41) is 0. The van der Waals surface area contributed by atoms with Crippen molar-refractivity contribution in [1.29, 1.82) is 0 Å². The molecule has 1 aromatic carbocycles. The van der Waals surface area contributed by atoms with Gasteiger partial charge in [-0.25, -0.2) is 4.39 Å². The van der Waals surface area contributed by atoms with E-state index in [-0.39, 0.29) is 11.9 Å². The van der Waals surface area contributed by atoms with E-state index in [9.17, 15) is 4.39 Å². The second-order valence-electron chi connectivity index (χ2n) is 6.26. The zero-order chi connectivity index (χ0) is 12.5. The summed E-state index contributed by atoms with van der Waals surface area (Å²) in [6.45, 7) is 0. The Balaban J connectivity index is 1.54.